The van der Waals surface area contributed by atoms with Gasteiger partial charge in [0.25, 0.3) is 5.56 Å². The predicted molar refractivity (Wildman–Crippen MR) is 76.6 cm³/mol. The van der Waals surface area contributed by atoms with Crippen molar-refractivity contribution in [1.82, 2.24) is 9.97 Å². The first-order valence-corrected chi connectivity index (χ1v) is 8.58. The Morgan fingerprint density at radius 3 is 2.92 bits per heavy atom. The molecule has 5 atom stereocenters. The number of phosphoric acid groups is 1. The number of nitrogens with zero attached hydrogens (tertiary/aromatic N) is 1. The number of rotatable bonds is 0. The number of phosphoric ester groups is 1. The van der Waals surface area contributed by atoms with Gasteiger partial charge < -0.3 is 30.9 Å². The van der Waals surface area contributed by atoms with E-state index in [1.54, 1.807) is 0 Å². The van der Waals surface area contributed by atoms with Crippen LogP contribution >= 0.6 is 7.82 Å². The zero-order valence-electron chi connectivity index (χ0n) is 12.1. The summed E-state index contributed by atoms with van der Waals surface area (Å²) >= 11 is 0. The van der Waals surface area contributed by atoms with Crippen molar-refractivity contribution in [2.24, 2.45) is 5.92 Å². The summed E-state index contributed by atoms with van der Waals surface area (Å²) < 4.78 is 26.7. The van der Waals surface area contributed by atoms with Gasteiger partial charge in [0.1, 0.15) is 18.1 Å². The third-order valence-corrected chi connectivity index (χ3v) is 5.34. The number of nitrogen functional groups attached to an aromatic ring is 1. The molecule has 0 radical (unpaired) electrons. The molecular formula is C11H15N4O8P. The lowest BCUT2D eigenvalue weighted by Crippen LogP contribution is -2.68. The van der Waals surface area contributed by atoms with Crippen LogP contribution < -0.4 is 16.6 Å². The van der Waals surface area contributed by atoms with Crippen LogP contribution in [0, 0.1) is 5.92 Å². The number of aromatic amines is 1. The predicted octanol–water partition coefficient (Wildman–Crippen LogP) is -2.14. The van der Waals surface area contributed by atoms with E-state index in [-0.39, 0.29) is 30.4 Å². The normalized spacial score (nSPS) is 40.0. The van der Waals surface area contributed by atoms with Gasteiger partial charge in [-0.25, -0.2) is 4.57 Å². The molecule has 1 aromatic heterocycles. The lowest BCUT2D eigenvalue weighted by atomic mass is 9.80. The van der Waals surface area contributed by atoms with Crippen LogP contribution in [-0.2, 0) is 24.8 Å². The summed E-state index contributed by atoms with van der Waals surface area (Å²) in [7, 11) is -4.40. The molecule has 4 rings (SSSR count). The summed E-state index contributed by atoms with van der Waals surface area (Å²) in [6, 6.07) is 0. The monoisotopic (exact) mass is 362 g/mol. The number of H-pyrrole nitrogens is 1. The summed E-state index contributed by atoms with van der Waals surface area (Å²) in [6.07, 6.45) is -3.53. The molecule has 2 saturated heterocycles. The van der Waals surface area contributed by atoms with Crippen LogP contribution in [0.1, 0.15) is 5.56 Å². The van der Waals surface area contributed by atoms with Crippen molar-refractivity contribution in [3.8, 4) is 0 Å². The van der Waals surface area contributed by atoms with Crippen LogP contribution in [0.5, 0.6) is 0 Å². The van der Waals surface area contributed by atoms with Crippen molar-refractivity contribution in [2.45, 2.75) is 30.6 Å². The summed E-state index contributed by atoms with van der Waals surface area (Å²) in [5.74, 6) is -3.50. The Kier molecular flexibility index (Phi) is 3.32. The molecule has 3 aliphatic heterocycles. The maximum Gasteiger partial charge on any atom is 0.472 e. The molecule has 24 heavy (non-hydrogen) atoms. The Labute approximate surface area is 134 Å². The minimum absolute atomic E-state index is 0.0943. The Bertz CT molecular complexity index is 797. The van der Waals surface area contributed by atoms with Gasteiger partial charge in [0, 0.05) is 0 Å². The molecule has 3 aliphatic rings. The van der Waals surface area contributed by atoms with Crippen molar-refractivity contribution in [2.75, 3.05) is 17.7 Å². The van der Waals surface area contributed by atoms with E-state index in [1.165, 1.54) is 0 Å². The molecule has 1 aromatic rings. The lowest BCUT2D eigenvalue weighted by Gasteiger charge is -2.52. The fourth-order valence-electron chi connectivity index (χ4n) is 3.25. The van der Waals surface area contributed by atoms with Gasteiger partial charge in [-0.05, 0) is 6.42 Å². The second-order valence-electron chi connectivity index (χ2n) is 5.90. The van der Waals surface area contributed by atoms with E-state index in [4.69, 9.17) is 15.0 Å². The van der Waals surface area contributed by atoms with E-state index in [0.29, 0.717) is 0 Å². The van der Waals surface area contributed by atoms with Crippen molar-refractivity contribution >= 4 is 19.6 Å². The number of fused-ring (bicyclic) bond motifs is 3. The fourth-order valence-corrected chi connectivity index (χ4v) is 4.22. The van der Waals surface area contributed by atoms with Crippen molar-refractivity contribution in [3.63, 3.8) is 0 Å². The van der Waals surface area contributed by atoms with Gasteiger partial charge in [0.2, 0.25) is 11.7 Å². The van der Waals surface area contributed by atoms with Crippen molar-refractivity contribution in [1.29, 1.82) is 0 Å². The number of aromatic nitrogens is 2. The standard InChI is InChI=1S/C11H15N4O8P/c12-10-14-7-3(8(16)15-10)1-4-9(13-7)22-5-2-21-24(19,20)23-6(5)11(4,17)18/h4-6,9,17-18H,1-2H2,(H,19,20)(H4,12,13,14,15,16)/t4-,5-,6+,9-/m1/s1. The van der Waals surface area contributed by atoms with Crippen LogP contribution in [0.3, 0.4) is 0 Å². The molecule has 4 heterocycles. The minimum atomic E-state index is -4.40. The van der Waals surface area contributed by atoms with Gasteiger partial charge >= 0.3 is 7.82 Å². The van der Waals surface area contributed by atoms with Gasteiger partial charge in [-0.1, -0.05) is 0 Å². The Balaban J connectivity index is 1.73. The summed E-state index contributed by atoms with van der Waals surface area (Å²) in [5, 5.41) is 23.9. The third-order valence-electron chi connectivity index (χ3n) is 4.37. The third kappa shape index (κ3) is 2.35. The van der Waals surface area contributed by atoms with Crippen molar-refractivity contribution < 1.29 is 33.5 Å². The molecule has 0 spiro atoms. The molecule has 132 valence electrons. The van der Waals surface area contributed by atoms with Crippen LogP contribution in [0.4, 0.5) is 11.8 Å². The zero-order chi connectivity index (χ0) is 17.3. The van der Waals surface area contributed by atoms with E-state index in [9.17, 15) is 24.5 Å². The fraction of sp³-hybridized carbons (Fsp3) is 0.636. The highest BCUT2D eigenvalue weighted by molar-refractivity contribution is 7.47. The minimum Gasteiger partial charge on any atom is -0.369 e. The number of nitrogens with one attached hydrogen (secondary N) is 2. The lowest BCUT2D eigenvalue weighted by molar-refractivity contribution is -0.337. The molecule has 2 fully saturated rings. The van der Waals surface area contributed by atoms with Crippen LogP contribution in [0.2, 0.25) is 0 Å². The molecule has 1 unspecified atom stereocenters. The Hall–Kier alpha value is -1.53. The van der Waals surface area contributed by atoms with Gasteiger partial charge in [-0.3, -0.25) is 18.8 Å². The number of nitrogens with two attached hydrogens (primary N) is 1. The van der Waals surface area contributed by atoms with Gasteiger partial charge in [-0.15, -0.1) is 0 Å². The highest BCUT2D eigenvalue weighted by Gasteiger charge is 2.61. The molecular weight excluding hydrogens is 347 g/mol. The number of anilines is 2. The Morgan fingerprint density at radius 1 is 1.42 bits per heavy atom. The average Bonchev–Trinajstić information content (AvgIpc) is 2.47. The second-order valence-corrected chi connectivity index (χ2v) is 7.31. The van der Waals surface area contributed by atoms with E-state index in [0.717, 1.165) is 0 Å². The van der Waals surface area contributed by atoms with E-state index in [1.807, 2.05) is 0 Å². The molecule has 0 bridgehead atoms. The molecule has 0 aromatic carbocycles. The number of hydrogen-bond donors (Lipinski definition) is 6. The van der Waals surface area contributed by atoms with Gasteiger partial charge in [0.15, 0.2) is 6.10 Å². The largest absolute Gasteiger partial charge is 0.472 e. The topological polar surface area (TPSA) is 189 Å². The zero-order valence-corrected chi connectivity index (χ0v) is 13.0. The highest BCUT2D eigenvalue weighted by Crippen LogP contribution is 2.53. The maximum atomic E-state index is 12.0. The quantitative estimate of drug-likeness (QED) is 0.218. The first-order valence-electron chi connectivity index (χ1n) is 7.08. The molecule has 0 aliphatic carbocycles. The molecule has 13 heteroatoms. The highest BCUT2D eigenvalue weighted by atomic mass is 31.2. The number of aliphatic hydroxyl groups is 2. The molecule has 0 amide bonds. The van der Waals surface area contributed by atoms with Crippen LogP contribution in [0.25, 0.3) is 0 Å². The first-order chi connectivity index (χ1) is 11.2. The van der Waals surface area contributed by atoms with Crippen LogP contribution in [-0.4, -0.2) is 55.9 Å². The van der Waals surface area contributed by atoms with E-state index in [2.05, 4.69) is 19.8 Å². The molecule has 0 saturated carbocycles. The first kappa shape index (κ1) is 16.0. The number of hydrogen-bond acceptors (Lipinski definition) is 10. The Morgan fingerprint density at radius 2 is 2.17 bits per heavy atom. The van der Waals surface area contributed by atoms with Crippen LogP contribution in [0.15, 0.2) is 4.79 Å². The second kappa shape index (κ2) is 4.99. The van der Waals surface area contributed by atoms with Gasteiger partial charge in [0.05, 0.1) is 18.1 Å². The van der Waals surface area contributed by atoms with E-state index < -0.39 is 43.5 Å². The summed E-state index contributed by atoms with van der Waals surface area (Å²) in [5.41, 5.74) is 5.14. The maximum absolute atomic E-state index is 12.0. The molecule has 7 N–H and O–H groups in total. The SMILES string of the molecule is Nc1nc2c(c(=O)[nH]1)C[C@@H]1[C@H](N2)O[C@@H]2COP(=O)(O)O[C@@H]2C1(O)O. The summed E-state index contributed by atoms with van der Waals surface area (Å²) in [4.78, 5) is 27.7. The summed E-state index contributed by atoms with van der Waals surface area (Å²) in [6.45, 7) is -0.357. The van der Waals surface area contributed by atoms with E-state index >= 15 is 0 Å². The van der Waals surface area contributed by atoms with Crippen molar-refractivity contribution in [3.05, 3.63) is 15.9 Å². The average molecular weight is 362 g/mol. The van der Waals surface area contributed by atoms with Gasteiger partial charge in [-0.2, -0.15) is 4.98 Å². The molecule has 12 nitrogen and oxygen atoms in total. The smallest absolute Gasteiger partial charge is 0.369 e. The number of ether oxygens (including phenoxy) is 1.